The van der Waals surface area contributed by atoms with Crippen LogP contribution in [0.2, 0.25) is 0 Å². The van der Waals surface area contributed by atoms with Crippen LogP contribution >= 0.6 is 0 Å². The third kappa shape index (κ3) is 3.86. The van der Waals surface area contributed by atoms with Gasteiger partial charge in [0.2, 0.25) is 0 Å². The van der Waals surface area contributed by atoms with Crippen molar-refractivity contribution in [3.63, 3.8) is 0 Å². The zero-order valence-electron chi connectivity index (χ0n) is 13.5. The van der Waals surface area contributed by atoms with E-state index in [4.69, 9.17) is 15.3 Å². The molecule has 0 spiro atoms. The molecule has 4 nitrogen and oxygen atoms in total. The van der Waals surface area contributed by atoms with E-state index in [0.29, 0.717) is 5.71 Å². The molecule has 1 heterocycles. The van der Waals surface area contributed by atoms with Gasteiger partial charge in [0.1, 0.15) is 0 Å². The average Bonchev–Trinajstić information content (AvgIpc) is 2.83. The molecule has 0 saturated heterocycles. The highest BCUT2D eigenvalue weighted by atomic mass is 16.4. The van der Waals surface area contributed by atoms with E-state index in [2.05, 4.69) is 29.7 Å². The van der Waals surface area contributed by atoms with Crippen molar-refractivity contribution in [2.75, 3.05) is 0 Å². The third-order valence-corrected chi connectivity index (χ3v) is 3.48. The van der Waals surface area contributed by atoms with E-state index < -0.39 is 5.97 Å². The van der Waals surface area contributed by atoms with Gasteiger partial charge in [-0.3, -0.25) is 10.2 Å². The van der Waals surface area contributed by atoms with Crippen molar-refractivity contribution < 1.29 is 9.90 Å². The smallest absolute Gasteiger partial charge is 0.300 e. The number of nitrogens with zero attached hydrogens (tertiary/aromatic N) is 1. The highest BCUT2D eigenvalue weighted by molar-refractivity contribution is 6.17. The molecule has 0 radical (unpaired) electrons. The second-order valence-electron chi connectivity index (χ2n) is 5.43. The van der Waals surface area contributed by atoms with E-state index in [0.717, 1.165) is 23.4 Å². The summed E-state index contributed by atoms with van der Waals surface area (Å²) in [6.45, 7) is 3.17. The molecule has 2 aromatic carbocycles. The van der Waals surface area contributed by atoms with Gasteiger partial charge in [-0.2, -0.15) is 0 Å². The standard InChI is InChI=1S/C17H16N2.C2H4O2/c1-12-8-9-16-14(10-12)15(11-19(16)2)17(18)13-6-4-3-5-7-13;1-2(3)4/h3-11,18H,1-2H3;1H3,(H,3,4). The van der Waals surface area contributed by atoms with Crippen LogP contribution in [0.3, 0.4) is 0 Å². The number of aromatic nitrogens is 1. The number of carboxylic acids is 1. The fraction of sp³-hybridized carbons (Fsp3) is 0.158. The van der Waals surface area contributed by atoms with E-state index in [9.17, 15) is 0 Å². The first-order valence-electron chi connectivity index (χ1n) is 7.29. The molecule has 0 aliphatic carbocycles. The van der Waals surface area contributed by atoms with Crippen LogP contribution in [-0.4, -0.2) is 21.4 Å². The van der Waals surface area contributed by atoms with Crippen LogP contribution in [0.15, 0.2) is 54.7 Å². The van der Waals surface area contributed by atoms with Crippen molar-refractivity contribution in [1.82, 2.24) is 4.57 Å². The number of hydrogen-bond acceptors (Lipinski definition) is 2. The van der Waals surface area contributed by atoms with E-state index >= 15 is 0 Å². The molecule has 0 aliphatic rings. The molecule has 0 fully saturated rings. The molecule has 0 atom stereocenters. The number of aliphatic carboxylic acids is 1. The van der Waals surface area contributed by atoms with Crippen LogP contribution in [0.5, 0.6) is 0 Å². The number of fused-ring (bicyclic) bond motifs is 1. The van der Waals surface area contributed by atoms with Crippen LogP contribution in [0, 0.1) is 12.3 Å². The molecule has 0 amide bonds. The van der Waals surface area contributed by atoms with E-state index in [1.54, 1.807) is 0 Å². The minimum atomic E-state index is -0.833. The Morgan fingerprint density at radius 1 is 1.13 bits per heavy atom. The highest BCUT2D eigenvalue weighted by Crippen LogP contribution is 2.24. The van der Waals surface area contributed by atoms with Gasteiger partial charge in [0, 0.05) is 42.2 Å². The monoisotopic (exact) mass is 308 g/mol. The molecule has 3 rings (SSSR count). The summed E-state index contributed by atoms with van der Waals surface area (Å²) in [5.74, 6) is -0.833. The maximum Gasteiger partial charge on any atom is 0.300 e. The summed E-state index contributed by atoms with van der Waals surface area (Å²) < 4.78 is 2.08. The van der Waals surface area contributed by atoms with Gasteiger partial charge >= 0.3 is 0 Å². The minimum Gasteiger partial charge on any atom is -0.481 e. The van der Waals surface area contributed by atoms with Crippen LogP contribution < -0.4 is 0 Å². The SMILES string of the molecule is CC(=O)O.Cc1ccc2c(c1)c(C(=N)c1ccccc1)cn2C. The second-order valence-corrected chi connectivity index (χ2v) is 5.43. The number of benzene rings is 2. The summed E-state index contributed by atoms with van der Waals surface area (Å²) in [6.07, 6.45) is 2.04. The predicted octanol–water partition coefficient (Wildman–Crippen LogP) is 3.99. The second kappa shape index (κ2) is 6.92. The largest absolute Gasteiger partial charge is 0.481 e. The Hall–Kier alpha value is -2.88. The first kappa shape index (κ1) is 16.5. The summed E-state index contributed by atoms with van der Waals surface area (Å²) in [6, 6.07) is 16.3. The number of hydrogen-bond donors (Lipinski definition) is 2. The summed E-state index contributed by atoms with van der Waals surface area (Å²) in [5, 5.41) is 17.0. The molecule has 2 N–H and O–H groups in total. The fourth-order valence-electron chi connectivity index (χ4n) is 2.47. The lowest BCUT2D eigenvalue weighted by atomic mass is 10.0. The van der Waals surface area contributed by atoms with Gasteiger partial charge in [0.05, 0.1) is 5.71 Å². The lowest BCUT2D eigenvalue weighted by Gasteiger charge is -2.03. The fourth-order valence-corrected chi connectivity index (χ4v) is 2.47. The number of carbonyl (C=O) groups is 1. The summed E-state index contributed by atoms with van der Waals surface area (Å²) in [4.78, 5) is 9.00. The van der Waals surface area contributed by atoms with E-state index in [1.165, 1.54) is 11.1 Å². The molecule has 3 aromatic rings. The Morgan fingerprint density at radius 2 is 1.74 bits per heavy atom. The predicted molar refractivity (Wildman–Crippen MR) is 93.3 cm³/mol. The zero-order chi connectivity index (χ0) is 17.0. The van der Waals surface area contributed by atoms with Gasteiger partial charge in [0.25, 0.3) is 5.97 Å². The number of carboxylic acid groups (broad SMARTS) is 1. The van der Waals surface area contributed by atoms with Crippen LogP contribution in [-0.2, 0) is 11.8 Å². The van der Waals surface area contributed by atoms with Gasteiger partial charge in [-0.1, -0.05) is 42.0 Å². The Kier molecular flexibility index (Phi) is 4.96. The molecule has 23 heavy (non-hydrogen) atoms. The van der Waals surface area contributed by atoms with Crippen molar-refractivity contribution in [2.45, 2.75) is 13.8 Å². The first-order chi connectivity index (χ1) is 10.9. The van der Waals surface area contributed by atoms with Gasteiger partial charge in [-0.05, 0) is 19.1 Å². The van der Waals surface area contributed by atoms with Crippen LogP contribution in [0.1, 0.15) is 23.6 Å². The maximum atomic E-state index is 9.00. The zero-order valence-corrected chi connectivity index (χ0v) is 13.5. The molecule has 0 bridgehead atoms. The topological polar surface area (TPSA) is 66.1 Å². The number of rotatable bonds is 2. The summed E-state index contributed by atoms with van der Waals surface area (Å²) >= 11 is 0. The van der Waals surface area contributed by atoms with Crippen LogP contribution in [0.25, 0.3) is 10.9 Å². The van der Waals surface area contributed by atoms with Gasteiger partial charge in [-0.15, -0.1) is 0 Å². The molecule has 118 valence electrons. The molecule has 0 aliphatic heterocycles. The Balaban J connectivity index is 0.000000433. The summed E-state index contributed by atoms with van der Waals surface area (Å²) in [7, 11) is 2.03. The normalized spacial score (nSPS) is 10.0. The quantitative estimate of drug-likeness (QED) is 0.703. The third-order valence-electron chi connectivity index (χ3n) is 3.48. The van der Waals surface area contributed by atoms with Crippen molar-refractivity contribution in [3.8, 4) is 0 Å². The summed E-state index contributed by atoms with van der Waals surface area (Å²) in [5.41, 5.74) is 4.92. The van der Waals surface area contributed by atoms with Crippen molar-refractivity contribution in [1.29, 1.82) is 5.41 Å². The van der Waals surface area contributed by atoms with E-state index in [1.807, 2.05) is 43.6 Å². The molecular formula is C19H20N2O2. The van der Waals surface area contributed by atoms with Gasteiger partial charge in [0.15, 0.2) is 0 Å². The highest BCUT2D eigenvalue weighted by Gasteiger charge is 2.12. The Labute approximate surface area is 135 Å². The van der Waals surface area contributed by atoms with Crippen molar-refractivity contribution in [3.05, 3.63) is 71.4 Å². The lowest BCUT2D eigenvalue weighted by Crippen LogP contribution is -2.00. The number of nitrogens with one attached hydrogen (secondary N) is 1. The molecule has 0 unspecified atom stereocenters. The van der Waals surface area contributed by atoms with E-state index in [-0.39, 0.29) is 0 Å². The lowest BCUT2D eigenvalue weighted by molar-refractivity contribution is -0.134. The maximum absolute atomic E-state index is 9.00. The number of aryl methyl sites for hydroxylation is 2. The average molecular weight is 308 g/mol. The molecule has 4 heteroatoms. The van der Waals surface area contributed by atoms with Crippen molar-refractivity contribution >= 4 is 22.6 Å². The van der Waals surface area contributed by atoms with Crippen molar-refractivity contribution in [2.24, 2.45) is 7.05 Å². The van der Waals surface area contributed by atoms with Gasteiger partial charge in [-0.25, -0.2) is 0 Å². The molecule has 1 aromatic heterocycles. The molecule has 0 saturated carbocycles. The first-order valence-corrected chi connectivity index (χ1v) is 7.29. The Morgan fingerprint density at radius 3 is 2.35 bits per heavy atom. The Bertz CT molecular complexity index is 844. The van der Waals surface area contributed by atoms with Crippen LogP contribution in [0.4, 0.5) is 0 Å². The molecular weight excluding hydrogens is 288 g/mol. The van der Waals surface area contributed by atoms with Gasteiger partial charge < -0.3 is 9.67 Å². The minimum absolute atomic E-state index is 0.580.